The van der Waals surface area contributed by atoms with Gasteiger partial charge >= 0.3 is 0 Å². The number of rotatable bonds is 4. The van der Waals surface area contributed by atoms with Crippen molar-refractivity contribution in [3.63, 3.8) is 0 Å². The van der Waals surface area contributed by atoms with Crippen LogP contribution in [-0.4, -0.2) is 63.2 Å². The predicted molar refractivity (Wildman–Crippen MR) is 139 cm³/mol. The Bertz CT molecular complexity index is 1430. The Morgan fingerprint density at radius 2 is 1.94 bits per heavy atom. The van der Waals surface area contributed by atoms with Crippen molar-refractivity contribution in [1.29, 1.82) is 0 Å². The number of benzene rings is 2. The zero-order valence-corrected chi connectivity index (χ0v) is 21.0. The molecule has 4 heterocycles. The van der Waals surface area contributed by atoms with E-state index in [1.54, 1.807) is 9.36 Å². The van der Waals surface area contributed by atoms with Gasteiger partial charge in [-0.05, 0) is 29.7 Å². The van der Waals surface area contributed by atoms with Crippen molar-refractivity contribution in [2.75, 3.05) is 31.6 Å². The Kier molecular flexibility index (Phi) is 5.68. The Balaban J connectivity index is 1.22. The van der Waals surface area contributed by atoms with Crippen molar-refractivity contribution < 1.29 is 9.53 Å². The second kappa shape index (κ2) is 9.02. The standard InChI is InChI=1S/C27H27ClN6O2/c1-31-16-21(17-36-24-12-19(8-9-23(24)31)20-13-29-32(2)15-20)33-11-10-22-25(27(33)35)30-34(26(22)28)14-18-6-4-3-5-7-18/h3-9,12-13,15,21H,10-11,14,16-17H2,1-2H3/t21-/m0/s1. The number of halogens is 1. The summed E-state index contributed by atoms with van der Waals surface area (Å²) in [4.78, 5) is 17.6. The molecule has 184 valence electrons. The van der Waals surface area contributed by atoms with Crippen LogP contribution in [0.4, 0.5) is 5.69 Å². The van der Waals surface area contributed by atoms with E-state index < -0.39 is 0 Å². The van der Waals surface area contributed by atoms with Gasteiger partial charge in [-0.1, -0.05) is 48.0 Å². The number of hydrogen-bond acceptors (Lipinski definition) is 5. The summed E-state index contributed by atoms with van der Waals surface area (Å²) in [6, 6.07) is 16.1. The summed E-state index contributed by atoms with van der Waals surface area (Å²) >= 11 is 6.66. The largest absolute Gasteiger partial charge is 0.489 e. The van der Waals surface area contributed by atoms with E-state index >= 15 is 0 Å². The number of likely N-dealkylation sites (N-methyl/N-ethyl adjacent to an activating group) is 1. The van der Waals surface area contributed by atoms with Crippen molar-refractivity contribution in [3.05, 3.63) is 82.9 Å². The van der Waals surface area contributed by atoms with Crippen LogP contribution in [0.1, 0.15) is 21.6 Å². The molecule has 0 spiro atoms. The van der Waals surface area contributed by atoms with E-state index in [0.717, 1.165) is 33.7 Å². The Labute approximate surface area is 214 Å². The molecule has 0 radical (unpaired) electrons. The summed E-state index contributed by atoms with van der Waals surface area (Å²) in [6.07, 6.45) is 4.50. The van der Waals surface area contributed by atoms with Gasteiger partial charge in [-0.3, -0.25) is 9.48 Å². The van der Waals surface area contributed by atoms with Crippen LogP contribution in [0.25, 0.3) is 11.1 Å². The molecule has 1 amide bonds. The average Bonchev–Trinajstić information content (AvgIpc) is 3.41. The number of carbonyl (C=O) groups is 1. The van der Waals surface area contributed by atoms with Crippen molar-refractivity contribution in [2.45, 2.75) is 19.0 Å². The van der Waals surface area contributed by atoms with Crippen LogP contribution in [0.3, 0.4) is 0 Å². The number of aromatic nitrogens is 4. The van der Waals surface area contributed by atoms with E-state index in [1.807, 2.05) is 67.8 Å². The molecule has 4 aromatic rings. The minimum Gasteiger partial charge on any atom is -0.489 e. The van der Waals surface area contributed by atoms with Crippen LogP contribution in [-0.2, 0) is 20.0 Å². The minimum atomic E-state index is -0.108. The van der Waals surface area contributed by atoms with Gasteiger partial charge in [0.05, 0.1) is 24.5 Å². The highest BCUT2D eigenvalue weighted by molar-refractivity contribution is 6.31. The van der Waals surface area contributed by atoms with Gasteiger partial charge in [0.25, 0.3) is 5.91 Å². The molecule has 0 saturated carbocycles. The number of carbonyl (C=O) groups excluding carboxylic acids is 1. The highest BCUT2D eigenvalue weighted by Gasteiger charge is 2.36. The van der Waals surface area contributed by atoms with E-state index in [0.29, 0.717) is 43.5 Å². The molecule has 2 aromatic heterocycles. The van der Waals surface area contributed by atoms with E-state index in [2.05, 4.69) is 27.2 Å². The number of hydrogen-bond donors (Lipinski definition) is 0. The summed E-state index contributed by atoms with van der Waals surface area (Å²) in [5.74, 6) is 0.718. The molecule has 9 heteroatoms. The summed E-state index contributed by atoms with van der Waals surface area (Å²) in [6.45, 7) is 2.19. The molecule has 0 unspecified atom stereocenters. The molecule has 0 fully saturated rings. The number of fused-ring (bicyclic) bond motifs is 2. The van der Waals surface area contributed by atoms with Crippen LogP contribution in [0.2, 0.25) is 5.15 Å². The first-order valence-corrected chi connectivity index (χ1v) is 12.4. The van der Waals surface area contributed by atoms with Crippen LogP contribution < -0.4 is 9.64 Å². The third kappa shape index (κ3) is 4.01. The van der Waals surface area contributed by atoms with E-state index in [-0.39, 0.29) is 11.9 Å². The van der Waals surface area contributed by atoms with Gasteiger partial charge in [-0.15, -0.1) is 0 Å². The van der Waals surface area contributed by atoms with Crippen LogP contribution in [0.5, 0.6) is 5.75 Å². The Morgan fingerprint density at radius 1 is 1.11 bits per heavy atom. The summed E-state index contributed by atoms with van der Waals surface area (Å²) in [7, 11) is 3.94. The molecule has 2 aliphatic heterocycles. The van der Waals surface area contributed by atoms with Crippen molar-refractivity contribution >= 4 is 23.2 Å². The van der Waals surface area contributed by atoms with Gasteiger partial charge in [-0.25, -0.2) is 4.68 Å². The van der Waals surface area contributed by atoms with Gasteiger partial charge < -0.3 is 14.5 Å². The van der Waals surface area contributed by atoms with Gasteiger partial charge in [0.1, 0.15) is 17.5 Å². The topological polar surface area (TPSA) is 68.4 Å². The zero-order valence-electron chi connectivity index (χ0n) is 20.3. The molecule has 0 bridgehead atoms. The van der Waals surface area contributed by atoms with Gasteiger partial charge in [-0.2, -0.15) is 10.2 Å². The number of amides is 1. The first-order valence-electron chi connectivity index (χ1n) is 12.0. The van der Waals surface area contributed by atoms with Crippen molar-refractivity contribution in [1.82, 2.24) is 24.5 Å². The molecule has 0 saturated heterocycles. The fourth-order valence-corrected chi connectivity index (χ4v) is 5.37. The number of aryl methyl sites for hydroxylation is 1. The number of nitrogens with zero attached hydrogens (tertiary/aromatic N) is 6. The van der Waals surface area contributed by atoms with Crippen molar-refractivity contribution in [3.8, 4) is 16.9 Å². The lowest BCUT2D eigenvalue weighted by atomic mass is 10.0. The predicted octanol–water partition coefficient (Wildman–Crippen LogP) is 3.88. The van der Waals surface area contributed by atoms with Crippen LogP contribution in [0, 0.1) is 0 Å². The molecule has 6 rings (SSSR count). The third-order valence-corrected chi connectivity index (χ3v) is 7.41. The molecular formula is C27H27ClN6O2. The molecule has 1 atom stereocenters. The smallest absolute Gasteiger partial charge is 0.275 e. The van der Waals surface area contributed by atoms with E-state index in [1.165, 1.54) is 0 Å². The minimum absolute atomic E-state index is 0.0889. The lowest BCUT2D eigenvalue weighted by Crippen LogP contribution is -2.51. The molecule has 8 nitrogen and oxygen atoms in total. The summed E-state index contributed by atoms with van der Waals surface area (Å²) in [5, 5.41) is 9.45. The van der Waals surface area contributed by atoms with Crippen molar-refractivity contribution in [2.24, 2.45) is 7.05 Å². The molecule has 0 N–H and O–H groups in total. The normalized spacial score (nSPS) is 17.4. The molecule has 36 heavy (non-hydrogen) atoms. The highest BCUT2D eigenvalue weighted by atomic mass is 35.5. The van der Waals surface area contributed by atoms with Crippen LogP contribution in [0.15, 0.2) is 60.9 Å². The first-order chi connectivity index (χ1) is 17.5. The SMILES string of the molecule is CN1C[C@H](N2CCc3c(nn(Cc4ccccc4)c3Cl)C2=O)COc2cc(-c3cnn(C)c3)ccc21. The zero-order chi connectivity index (χ0) is 24.8. The number of anilines is 1. The maximum atomic E-state index is 13.6. The fraction of sp³-hybridized carbons (Fsp3) is 0.296. The van der Waals surface area contributed by atoms with Gasteiger partial charge in [0.15, 0.2) is 5.69 Å². The summed E-state index contributed by atoms with van der Waals surface area (Å²) < 4.78 is 9.80. The fourth-order valence-electron chi connectivity index (χ4n) is 5.09. The van der Waals surface area contributed by atoms with E-state index in [4.69, 9.17) is 16.3 Å². The van der Waals surface area contributed by atoms with Crippen LogP contribution >= 0.6 is 11.6 Å². The Morgan fingerprint density at radius 3 is 2.72 bits per heavy atom. The lowest BCUT2D eigenvalue weighted by molar-refractivity contribution is 0.0604. The first kappa shape index (κ1) is 22.7. The maximum Gasteiger partial charge on any atom is 0.275 e. The quantitative estimate of drug-likeness (QED) is 0.423. The molecule has 2 aromatic carbocycles. The molecular weight excluding hydrogens is 476 g/mol. The second-order valence-electron chi connectivity index (χ2n) is 9.44. The average molecular weight is 503 g/mol. The van der Waals surface area contributed by atoms with Gasteiger partial charge in [0, 0.05) is 44.5 Å². The monoisotopic (exact) mass is 502 g/mol. The number of ether oxygens (including phenoxy) is 1. The summed E-state index contributed by atoms with van der Waals surface area (Å²) in [5.41, 5.74) is 5.46. The lowest BCUT2D eigenvalue weighted by Gasteiger charge is -2.34. The highest BCUT2D eigenvalue weighted by Crippen LogP contribution is 2.36. The van der Waals surface area contributed by atoms with E-state index in [9.17, 15) is 4.79 Å². The van der Waals surface area contributed by atoms with Gasteiger partial charge in [0.2, 0.25) is 0 Å². The molecule has 0 aliphatic carbocycles. The molecule has 2 aliphatic rings. The Hall–Kier alpha value is -3.78. The third-order valence-electron chi connectivity index (χ3n) is 6.99. The maximum absolute atomic E-state index is 13.6. The second-order valence-corrected chi connectivity index (χ2v) is 9.80.